The fraction of sp³-hybridized carbons (Fsp3) is 0.706. The predicted molar refractivity (Wildman–Crippen MR) is 86.0 cm³/mol. The van der Waals surface area contributed by atoms with Crippen LogP contribution in [0.3, 0.4) is 0 Å². The van der Waals surface area contributed by atoms with E-state index in [0.29, 0.717) is 18.4 Å². The van der Waals surface area contributed by atoms with Gasteiger partial charge in [0.15, 0.2) is 0 Å². The maximum Gasteiger partial charge on any atom is 0.225 e. The fourth-order valence-electron chi connectivity index (χ4n) is 3.85. The number of aromatic nitrogens is 2. The fourth-order valence-corrected chi connectivity index (χ4v) is 3.85. The van der Waals surface area contributed by atoms with E-state index >= 15 is 0 Å². The largest absolute Gasteiger partial charge is 0.379 e. The molecule has 3 aliphatic rings. The van der Waals surface area contributed by atoms with E-state index < -0.39 is 0 Å². The molecule has 3 fully saturated rings. The number of piperidine rings is 1. The first-order valence-corrected chi connectivity index (χ1v) is 8.64. The van der Waals surface area contributed by atoms with E-state index in [1.165, 1.54) is 0 Å². The second-order valence-corrected chi connectivity index (χ2v) is 7.16. The summed E-state index contributed by atoms with van der Waals surface area (Å²) in [5.41, 5.74) is 0.0124. The maximum atomic E-state index is 12.5. The van der Waals surface area contributed by atoms with Gasteiger partial charge in [-0.3, -0.25) is 4.79 Å². The highest BCUT2D eigenvalue weighted by Crippen LogP contribution is 2.37. The van der Waals surface area contributed by atoms with Crippen LogP contribution in [-0.4, -0.2) is 60.2 Å². The van der Waals surface area contributed by atoms with Crippen molar-refractivity contribution < 1.29 is 9.53 Å². The molecule has 0 aromatic carbocycles. The van der Waals surface area contributed by atoms with Crippen LogP contribution in [0, 0.1) is 11.3 Å². The van der Waals surface area contributed by atoms with Gasteiger partial charge in [-0.2, -0.15) is 0 Å². The summed E-state index contributed by atoms with van der Waals surface area (Å²) in [4.78, 5) is 25.6. The minimum absolute atomic E-state index is 0.0124. The van der Waals surface area contributed by atoms with E-state index in [2.05, 4.69) is 19.8 Å². The molecular weight excluding hydrogens is 292 g/mol. The number of carbonyl (C=O) groups excluding carboxylic acids is 1. The number of hydrogen-bond donors (Lipinski definition) is 0. The summed E-state index contributed by atoms with van der Waals surface area (Å²) in [5.74, 6) is 1.42. The molecule has 1 spiro atoms. The molecule has 1 aliphatic carbocycles. The van der Waals surface area contributed by atoms with Gasteiger partial charge in [-0.1, -0.05) is 0 Å². The van der Waals surface area contributed by atoms with Gasteiger partial charge in [0.05, 0.1) is 13.2 Å². The minimum atomic E-state index is 0.0124. The Hall–Kier alpha value is -1.69. The average Bonchev–Trinajstić information content (AvgIpc) is 3.43. The lowest BCUT2D eigenvalue weighted by molar-refractivity contribution is -0.136. The number of likely N-dealkylation sites (tertiary alicyclic amines) is 1. The molecule has 23 heavy (non-hydrogen) atoms. The molecule has 1 aromatic rings. The molecule has 1 unspecified atom stereocenters. The normalized spacial score (nSPS) is 28.7. The molecule has 124 valence electrons. The Bertz CT molecular complexity index is 563. The van der Waals surface area contributed by atoms with Crippen molar-refractivity contribution in [2.75, 3.05) is 44.3 Å². The van der Waals surface area contributed by atoms with Crippen molar-refractivity contribution >= 4 is 11.9 Å². The summed E-state index contributed by atoms with van der Waals surface area (Å²) < 4.78 is 5.91. The zero-order valence-corrected chi connectivity index (χ0v) is 13.5. The van der Waals surface area contributed by atoms with Crippen molar-refractivity contribution in [3.05, 3.63) is 18.5 Å². The summed E-state index contributed by atoms with van der Waals surface area (Å²) in [5, 5.41) is 0. The third-order valence-corrected chi connectivity index (χ3v) is 5.17. The van der Waals surface area contributed by atoms with Gasteiger partial charge >= 0.3 is 0 Å². The number of carbonyl (C=O) groups is 1. The zero-order chi connectivity index (χ0) is 15.7. The Morgan fingerprint density at radius 2 is 2.04 bits per heavy atom. The molecule has 6 heteroatoms. The third-order valence-electron chi connectivity index (χ3n) is 5.17. The topological polar surface area (TPSA) is 58.6 Å². The lowest BCUT2D eigenvalue weighted by atomic mass is 9.80. The Morgan fingerprint density at radius 3 is 2.83 bits per heavy atom. The smallest absolute Gasteiger partial charge is 0.225 e. The molecule has 1 amide bonds. The van der Waals surface area contributed by atoms with E-state index in [-0.39, 0.29) is 5.41 Å². The van der Waals surface area contributed by atoms with E-state index in [0.717, 1.165) is 64.4 Å². The van der Waals surface area contributed by atoms with Gasteiger partial charge < -0.3 is 14.5 Å². The first kappa shape index (κ1) is 14.9. The van der Waals surface area contributed by atoms with Gasteiger partial charge in [0.1, 0.15) is 0 Å². The summed E-state index contributed by atoms with van der Waals surface area (Å²) in [6.45, 7) is 4.81. The molecule has 1 atom stereocenters. The molecule has 4 rings (SSSR count). The molecule has 0 radical (unpaired) electrons. The number of hydrogen-bond acceptors (Lipinski definition) is 5. The van der Waals surface area contributed by atoms with Crippen LogP contribution in [0.25, 0.3) is 0 Å². The molecule has 0 N–H and O–H groups in total. The molecule has 2 saturated heterocycles. The second kappa shape index (κ2) is 6.07. The van der Waals surface area contributed by atoms with Gasteiger partial charge in [0.2, 0.25) is 11.9 Å². The number of nitrogens with zero attached hydrogens (tertiary/aromatic N) is 4. The monoisotopic (exact) mass is 316 g/mol. The molecule has 6 nitrogen and oxygen atoms in total. The zero-order valence-electron chi connectivity index (χ0n) is 13.5. The summed E-state index contributed by atoms with van der Waals surface area (Å²) >= 11 is 0. The Balaban J connectivity index is 1.52. The molecule has 3 heterocycles. The average molecular weight is 316 g/mol. The van der Waals surface area contributed by atoms with E-state index in [1.54, 1.807) is 12.4 Å². The molecule has 1 saturated carbocycles. The Kier molecular flexibility index (Phi) is 3.93. The Morgan fingerprint density at radius 1 is 1.22 bits per heavy atom. The third kappa shape index (κ3) is 3.17. The van der Waals surface area contributed by atoms with Gasteiger partial charge in [-0.25, -0.2) is 9.97 Å². The van der Waals surface area contributed by atoms with Gasteiger partial charge in [-0.15, -0.1) is 0 Å². The minimum Gasteiger partial charge on any atom is -0.379 e. The highest BCUT2D eigenvalue weighted by atomic mass is 16.5. The summed E-state index contributed by atoms with van der Waals surface area (Å²) in [7, 11) is 0. The first-order chi connectivity index (χ1) is 11.3. The van der Waals surface area contributed by atoms with Crippen molar-refractivity contribution in [2.45, 2.75) is 25.7 Å². The summed E-state index contributed by atoms with van der Waals surface area (Å²) in [6, 6.07) is 1.84. The van der Waals surface area contributed by atoms with Crippen molar-refractivity contribution in [1.29, 1.82) is 0 Å². The molecule has 1 aromatic heterocycles. The second-order valence-electron chi connectivity index (χ2n) is 7.16. The Labute approximate surface area is 136 Å². The van der Waals surface area contributed by atoms with E-state index in [1.807, 2.05) is 6.07 Å². The van der Waals surface area contributed by atoms with Crippen molar-refractivity contribution in [3.8, 4) is 0 Å². The number of rotatable bonds is 2. The van der Waals surface area contributed by atoms with Crippen LogP contribution >= 0.6 is 0 Å². The summed E-state index contributed by atoms with van der Waals surface area (Å²) in [6.07, 6.45) is 7.87. The van der Waals surface area contributed by atoms with Crippen LogP contribution < -0.4 is 4.90 Å². The van der Waals surface area contributed by atoms with E-state index in [9.17, 15) is 4.79 Å². The first-order valence-electron chi connectivity index (χ1n) is 8.64. The lowest BCUT2D eigenvalue weighted by Crippen LogP contribution is -2.52. The van der Waals surface area contributed by atoms with Crippen LogP contribution in [-0.2, 0) is 9.53 Å². The highest BCUT2D eigenvalue weighted by molar-refractivity contribution is 5.81. The molecule has 2 aliphatic heterocycles. The number of anilines is 1. The number of ether oxygens (including phenoxy) is 1. The molecule has 0 bridgehead atoms. The highest BCUT2D eigenvalue weighted by Gasteiger charge is 2.43. The van der Waals surface area contributed by atoms with Gasteiger partial charge in [0, 0.05) is 49.9 Å². The maximum absolute atomic E-state index is 12.5. The van der Waals surface area contributed by atoms with Crippen molar-refractivity contribution in [3.63, 3.8) is 0 Å². The van der Waals surface area contributed by atoms with Crippen LogP contribution in [0.4, 0.5) is 5.95 Å². The van der Waals surface area contributed by atoms with Gasteiger partial charge in [-0.05, 0) is 31.7 Å². The number of amides is 1. The predicted octanol–water partition coefficient (Wildman–Crippen LogP) is 1.33. The van der Waals surface area contributed by atoms with Crippen LogP contribution in [0.15, 0.2) is 18.5 Å². The van der Waals surface area contributed by atoms with Crippen LogP contribution in [0.2, 0.25) is 0 Å². The van der Waals surface area contributed by atoms with E-state index in [4.69, 9.17) is 4.74 Å². The van der Waals surface area contributed by atoms with Crippen molar-refractivity contribution in [1.82, 2.24) is 14.9 Å². The lowest BCUT2D eigenvalue weighted by Gasteiger charge is -2.43. The van der Waals surface area contributed by atoms with Crippen LogP contribution in [0.1, 0.15) is 25.7 Å². The van der Waals surface area contributed by atoms with Gasteiger partial charge in [0.25, 0.3) is 0 Å². The SMILES string of the molecule is O=C(C1CC1)N1CCCC2(COCCN(c3ncccn3)C2)C1. The standard InChI is InChI=1S/C17H24N4O2/c22-15(14-3-4-14)20-8-1-5-17(11-20)12-21(9-10-23-13-17)16-18-6-2-7-19-16/h2,6-7,14H,1,3-5,8-13H2. The quantitative estimate of drug-likeness (QED) is 0.824. The van der Waals surface area contributed by atoms with Crippen LogP contribution in [0.5, 0.6) is 0 Å². The molecular formula is C17H24N4O2. The van der Waals surface area contributed by atoms with Crippen molar-refractivity contribution in [2.24, 2.45) is 11.3 Å².